The van der Waals surface area contributed by atoms with E-state index in [4.69, 9.17) is 14.2 Å². The van der Waals surface area contributed by atoms with Crippen LogP contribution in [0.4, 0.5) is 24.5 Å². The highest BCUT2D eigenvalue weighted by Crippen LogP contribution is 2.31. The number of hydrogen-bond acceptors (Lipinski definition) is 7. The number of carbonyl (C=O) groups is 3. The molecule has 0 unspecified atom stereocenters. The van der Waals surface area contributed by atoms with E-state index in [0.717, 1.165) is 12.1 Å². The van der Waals surface area contributed by atoms with E-state index in [2.05, 4.69) is 21.2 Å². The first-order valence-electron chi connectivity index (χ1n) is 11.7. The minimum atomic E-state index is -4.54. The fourth-order valence-corrected chi connectivity index (χ4v) is 3.21. The number of rotatable bonds is 10. The Morgan fingerprint density at radius 1 is 0.875 bits per heavy atom. The zero-order valence-electron chi connectivity index (χ0n) is 21.4. The van der Waals surface area contributed by atoms with Gasteiger partial charge in [0.15, 0.2) is 18.1 Å². The van der Waals surface area contributed by atoms with Crippen molar-refractivity contribution in [1.29, 1.82) is 0 Å². The lowest BCUT2D eigenvalue weighted by Crippen LogP contribution is -2.32. The number of anilines is 2. The summed E-state index contributed by atoms with van der Waals surface area (Å²) in [7, 11) is 1.47. The molecule has 3 aromatic carbocycles. The number of benzene rings is 3. The van der Waals surface area contributed by atoms with Crippen LogP contribution in [0.15, 0.2) is 71.8 Å². The van der Waals surface area contributed by atoms with Gasteiger partial charge in [-0.25, -0.2) is 5.43 Å². The number of hydrazone groups is 1. The van der Waals surface area contributed by atoms with Crippen LogP contribution in [0.5, 0.6) is 17.2 Å². The summed E-state index contributed by atoms with van der Waals surface area (Å²) in [6, 6.07) is 15.3. The van der Waals surface area contributed by atoms with E-state index in [9.17, 15) is 27.6 Å². The molecule has 13 heteroatoms. The number of nitrogens with zero attached hydrogens (tertiary/aromatic N) is 1. The summed E-state index contributed by atoms with van der Waals surface area (Å²) in [6.07, 6.45) is -3.27. The van der Waals surface area contributed by atoms with Crippen molar-refractivity contribution in [3.8, 4) is 17.2 Å². The average molecular weight is 559 g/mol. The molecule has 0 heterocycles. The molecule has 0 aliphatic carbocycles. The largest absolute Gasteiger partial charge is 0.497 e. The van der Waals surface area contributed by atoms with Crippen molar-refractivity contribution in [3.05, 3.63) is 77.9 Å². The maximum absolute atomic E-state index is 12.9. The van der Waals surface area contributed by atoms with Crippen LogP contribution in [0.3, 0.4) is 0 Å². The Kier molecular flexibility index (Phi) is 10.1. The van der Waals surface area contributed by atoms with Crippen LogP contribution in [-0.4, -0.2) is 44.3 Å². The third-order valence-corrected chi connectivity index (χ3v) is 5.01. The van der Waals surface area contributed by atoms with Crippen LogP contribution >= 0.6 is 0 Å². The van der Waals surface area contributed by atoms with Gasteiger partial charge >= 0.3 is 18.0 Å². The number of halogens is 3. The lowest BCUT2D eigenvalue weighted by Gasteiger charge is -2.13. The highest BCUT2D eigenvalue weighted by atomic mass is 19.4. The molecule has 3 amide bonds. The first-order chi connectivity index (χ1) is 19.1. The quantitative estimate of drug-likeness (QED) is 0.194. The Morgan fingerprint density at radius 3 is 2.30 bits per heavy atom. The fourth-order valence-electron chi connectivity index (χ4n) is 3.21. The third-order valence-electron chi connectivity index (χ3n) is 5.01. The first-order valence-corrected chi connectivity index (χ1v) is 11.7. The number of nitrogens with one attached hydrogen (secondary N) is 3. The van der Waals surface area contributed by atoms with Gasteiger partial charge in [0, 0.05) is 17.4 Å². The second-order valence-electron chi connectivity index (χ2n) is 7.94. The van der Waals surface area contributed by atoms with E-state index in [0.29, 0.717) is 17.0 Å². The van der Waals surface area contributed by atoms with Crippen LogP contribution in [0.1, 0.15) is 18.1 Å². The van der Waals surface area contributed by atoms with Crippen molar-refractivity contribution >= 4 is 35.3 Å². The molecule has 0 radical (unpaired) electrons. The van der Waals surface area contributed by atoms with Crippen molar-refractivity contribution in [2.75, 3.05) is 31.0 Å². The summed E-state index contributed by atoms with van der Waals surface area (Å²) in [4.78, 5) is 36.4. The Morgan fingerprint density at radius 2 is 1.60 bits per heavy atom. The molecule has 0 fully saturated rings. The molecular weight excluding hydrogens is 533 g/mol. The molecule has 0 atom stereocenters. The van der Waals surface area contributed by atoms with Crippen molar-refractivity contribution in [2.45, 2.75) is 13.1 Å². The van der Waals surface area contributed by atoms with Gasteiger partial charge in [-0.1, -0.05) is 12.1 Å². The maximum Gasteiger partial charge on any atom is 0.416 e. The molecular formula is C27H25F3N4O6. The molecule has 0 saturated heterocycles. The van der Waals surface area contributed by atoms with Crippen molar-refractivity contribution in [1.82, 2.24) is 5.43 Å². The van der Waals surface area contributed by atoms with E-state index < -0.39 is 36.1 Å². The number of amides is 3. The number of methoxy groups -OCH3 is 1. The number of hydrogen-bond donors (Lipinski definition) is 3. The molecule has 10 nitrogen and oxygen atoms in total. The van der Waals surface area contributed by atoms with Gasteiger partial charge in [-0.2, -0.15) is 18.3 Å². The van der Waals surface area contributed by atoms with Gasteiger partial charge in [0.2, 0.25) is 0 Å². The topological polar surface area (TPSA) is 127 Å². The molecule has 0 aliphatic heterocycles. The van der Waals surface area contributed by atoms with Gasteiger partial charge in [-0.15, -0.1) is 0 Å². The monoisotopic (exact) mass is 558 g/mol. The molecule has 3 rings (SSSR count). The Bertz CT molecular complexity index is 1390. The van der Waals surface area contributed by atoms with Crippen LogP contribution < -0.4 is 30.3 Å². The van der Waals surface area contributed by atoms with Gasteiger partial charge in [0.1, 0.15) is 5.75 Å². The predicted octanol–water partition coefficient (Wildman–Crippen LogP) is 4.22. The molecule has 210 valence electrons. The number of carbonyl (C=O) groups excluding carboxylic acids is 3. The molecule has 0 spiro atoms. The minimum Gasteiger partial charge on any atom is -0.497 e. The van der Waals surface area contributed by atoms with Gasteiger partial charge in [0.25, 0.3) is 5.91 Å². The summed E-state index contributed by atoms with van der Waals surface area (Å²) in [5.74, 6) is -1.67. The Labute approximate surface area is 227 Å². The fraction of sp³-hybridized carbons (Fsp3) is 0.185. The zero-order valence-corrected chi connectivity index (χ0v) is 21.4. The van der Waals surface area contributed by atoms with Crippen LogP contribution in [-0.2, 0) is 20.6 Å². The molecule has 40 heavy (non-hydrogen) atoms. The van der Waals surface area contributed by atoms with Gasteiger partial charge < -0.3 is 24.8 Å². The summed E-state index contributed by atoms with van der Waals surface area (Å²) in [5.41, 5.74) is 2.03. The van der Waals surface area contributed by atoms with Crippen LogP contribution in [0.25, 0.3) is 0 Å². The maximum atomic E-state index is 12.9. The third kappa shape index (κ3) is 8.75. The van der Waals surface area contributed by atoms with Gasteiger partial charge in [-0.05, 0) is 61.0 Å². The van der Waals surface area contributed by atoms with E-state index in [1.165, 1.54) is 37.6 Å². The summed E-state index contributed by atoms with van der Waals surface area (Å²) in [6.45, 7) is 1.49. The predicted molar refractivity (Wildman–Crippen MR) is 141 cm³/mol. The van der Waals surface area contributed by atoms with E-state index in [1.807, 2.05) is 0 Å². The second kappa shape index (κ2) is 13.6. The van der Waals surface area contributed by atoms with Gasteiger partial charge in [0.05, 0.1) is 25.5 Å². The van der Waals surface area contributed by atoms with Gasteiger partial charge in [-0.3, -0.25) is 14.4 Å². The second-order valence-corrected chi connectivity index (χ2v) is 7.94. The summed E-state index contributed by atoms with van der Waals surface area (Å²) in [5, 5.41) is 8.54. The molecule has 0 aliphatic rings. The Balaban J connectivity index is 1.56. The normalized spacial score (nSPS) is 11.0. The summed E-state index contributed by atoms with van der Waals surface area (Å²) >= 11 is 0. The molecule has 3 N–H and O–H groups in total. The van der Waals surface area contributed by atoms with Crippen molar-refractivity contribution < 1.29 is 41.8 Å². The SMILES string of the molecule is CCOc1cc(C=NNC(=O)C(=O)Nc2cccc(OC)c2)ccc1OCC(=O)Nc1cccc(C(F)(F)F)c1. The van der Waals surface area contributed by atoms with Crippen molar-refractivity contribution in [3.63, 3.8) is 0 Å². The van der Waals surface area contributed by atoms with Crippen LogP contribution in [0.2, 0.25) is 0 Å². The van der Waals surface area contributed by atoms with E-state index in [1.54, 1.807) is 37.3 Å². The standard InChI is InChI=1S/C27H25F3N4O6/c1-3-39-23-12-17(15-31-34-26(37)25(36)33-20-8-5-9-21(14-20)38-2)10-11-22(23)40-16-24(35)32-19-7-4-6-18(13-19)27(28,29)30/h4-15H,3,16H2,1-2H3,(H,32,35)(H,33,36)(H,34,37). The van der Waals surface area contributed by atoms with E-state index >= 15 is 0 Å². The summed E-state index contributed by atoms with van der Waals surface area (Å²) < 4.78 is 54.7. The highest BCUT2D eigenvalue weighted by Gasteiger charge is 2.30. The minimum absolute atomic E-state index is 0.0285. The molecule has 0 aromatic heterocycles. The van der Waals surface area contributed by atoms with Crippen LogP contribution in [0, 0.1) is 0 Å². The lowest BCUT2D eigenvalue weighted by molar-refractivity contribution is -0.137. The highest BCUT2D eigenvalue weighted by molar-refractivity contribution is 6.39. The first kappa shape index (κ1) is 29.5. The molecule has 3 aromatic rings. The van der Waals surface area contributed by atoms with Crippen molar-refractivity contribution in [2.24, 2.45) is 5.10 Å². The molecule has 0 bridgehead atoms. The number of alkyl halides is 3. The number of ether oxygens (including phenoxy) is 3. The molecule has 0 saturated carbocycles. The zero-order chi connectivity index (χ0) is 29.1. The smallest absolute Gasteiger partial charge is 0.416 e. The van der Waals surface area contributed by atoms with E-state index in [-0.39, 0.29) is 23.8 Å². The average Bonchev–Trinajstić information content (AvgIpc) is 2.92. The lowest BCUT2D eigenvalue weighted by atomic mass is 10.2. The Hall–Kier alpha value is -5.07.